The Hall–Kier alpha value is -2.96. The van der Waals surface area contributed by atoms with Crippen molar-refractivity contribution in [3.63, 3.8) is 0 Å². The minimum atomic E-state index is -0.0369. The first kappa shape index (κ1) is 19.0. The molecule has 5 rings (SSSR count). The highest BCUT2D eigenvalue weighted by atomic mass is 16.5. The molecule has 9 heteroatoms. The molecule has 2 aliphatic heterocycles. The summed E-state index contributed by atoms with van der Waals surface area (Å²) in [5.41, 5.74) is 2.54. The van der Waals surface area contributed by atoms with E-state index in [2.05, 4.69) is 25.5 Å². The first-order chi connectivity index (χ1) is 14.8. The smallest absolute Gasteiger partial charge is 0.290 e. The number of hydrogen-bond donors (Lipinski definition) is 1. The average Bonchev–Trinajstić information content (AvgIpc) is 3.42. The van der Waals surface area contributed by atoms with E-state index in [1.54, 1.807) is 6.20 Å². The van der Waals surface area contributed by atoms with E-state index in [4.69, 9.17) is 15.0 Å². The Morgan fingerprint density at radius 3 is 2.83 bits per heavy atom. The molecule has 0 aromatic carbocycles. The van der Waals surface area contributed by atoms with Gasteiger partial charge in [-0.3, -0.25) is 4.79 Å². The van der Waals surface area contributed by atoms with E-state index in [0.29, 0.717) is 38.5 Å². The lowest BCUT2D eigenvalue weighted by Crippen LogP contribution is -2.42. The molecule has 0 atom stereocenters. The molecule has 1 amide bonds. The van der Waals surface area contributed by atoms with Crippen molar-refractivity contribution in [1.82, 2.24) is 29.3 Å². The molecule has 0 bridgehead atoms. The Labute approximate surface area is 174 Å². The summed E-state index contributed by atoms with van der Waals surface area (Å²) < 4.78 is 7.58. The number of nitrogens with zero attached hydrogens (tertiary/aromatic N) is 6. The highest BCUT2D eigenvalue weighted by Gasteiger charge is 2.31. The van der Waals surface area contributed by atoms with Gasteiger partial charge in [0.05, 0.1) is 31.0 Å². The fourth-order valence-electron chi connectivity index (χ4n) is 4.62. The molecule has 3 aromatic rings. The number of pyridine rings is 1. The number of nitriles is 1. The van der Waals surface area contributed by atoms with Gasteiger partial charge < -0.3 is 24.1 Å². The maximum Gasteiger partial charge on any atom is 0.290 e. The van der Waals surface area contributed by atoms with Crippen LogP contribution in [0.3, 0.4) is 0 Å². The predicted molar refractivity (Wildman–Crippen MR) is 111 cm³/mol. The highest BCUT2D eigenvalue weighted by Crippen LogP contribution is 2.32. The van der Waals surface area contributed by atoms with Gasteiger partial charge in [0.2, 0.25) is 5.82 Å². The zero-order valence-corrected chi connectivity index (χ0v) is 16.9. The number of carbonyl (C=O) groups excluding carboxylic acids is 1. The number of ether oxygens (including phenoxy) is 1. The van der Waals surface area contributed by atoms with Crippen LogP contribution in [-0.4, -0.2) is 81.2 Å². The minimum Gasteiger partial charge on any atom is -0.378 e. The van der Waals surface area contributed by atoms with E-state index in [9.17, 15) is 4.79 Å². The Bertz CT molecular complexity index is 1100. The van der Waals surface area contributed by atoms with E-state index in [1.165, 1.54) is 0 Å². The summed E-state index contributed by atoms with van der Waals surface area (Å²) in [6.45, 7) is 4.94. The summed E-state index contributed by atoms with van der Waals surface area (Å²) in [6.07, 6.45) is 6.03. The highest BCUT2D eigenvalue weighted by molar-refractivity contribution is 6.04. The number of nitrogens with one attached hydrogen (secondary N) is 1. The van der Waals surface area contributed by atoms with Crippen molar-refractivity contribution in [2.75, 3.05) is 45.9 Å². The van der Waals surface area contributed by atoms with Crippen LogP contribution in [0.4, 0.5) is 0 Å². The van der Waals surface area contributed by atoms with Crippen molar-refractivity contribution < 1.29 is 9.53 Å². The number of aromatic nitrogens is 4. The Morgan fingerprint density at radius 2 is 2.07 bits per heavy atom. The van der Waals surface area contributed by atoms with Gasteiger partial charge in [0.1, 0.15) is 11.2 Å². The molecule has 0 spiro atoms. The second-order valence-corrected chi connectivity index (χ2v) is 7.92. The maximum absolute atomic E-state index is 13.4. The minimum absolute atomic E-state index is 0.0369. The van der Waals surface area contributed by atoms with Gasteiger partial charge >= 0.3 is 0 Å². The number of aromatic amines is 1. The molecule has 0 unspecified atom stereocenters. The first-order valence-corrected chi connectivity index (χ1v) is 10.6. The van der Waals surface area contributed by atoms with Gasteiger partial charge in [-0.05, 0) is 18.9 Å². The van der Waals surface area contributed by atoms with Crippen LogP contribution in [0.15, 0.2) is 18.5 Å². The van der Waals surface area contributed by atoms with Gasteiger partial charge in [0.25, 0.3) is 5.91 Å². The summed E-state index contributed by atoms with van der Waals surface area (Å²) in [5.74, 6) is 0.461. The van der Waals surface area contributed by atoms with Crippen molar-refractivity contribution in [2.45, 2.75) is 25.3 Å². The third kappa shape index (κ3) is 3.32. The third-order valence-electron chi connectivity index (χ3n) is 6.19. The van der Waals surface area contributed by atoms with Crippen molar-refractivity contribution in [2.24, 2.45) is 0 Å². The Morgan fingerprint density at radius 1 is 1.27 bits per heavy atom. The topological polar surface area (TPSA) is 103 Å². The quantitative estimate of drug-likeness (QED) is 0.709. The van der Waals surface area contributed by atoms with Crippen LogP contribution in [0.2, 0.25) is 0 Å². The summed E-state index contributed by atoms with van der Waals surface area (Å²) in [6, 6.07) is 4.42. The lowest BCUT2D eigenvalue weighted by Gasteiger charge is -2.34. The van der Waals surface area contributed by atoms with Crippen LogP contribution in [0.25, 0.3) is 22.1 Å². The Balaban J connectivity index is 1.55. The number of H-pyrrole nitrogens is 1. The average molecular weight is 407 g/mol. The van der Waals surface area contributed by atoms with Crippen molar-refractivity contribution >= 4 is 28.0 Å². The molecule has 0 saturated carbocycles. The number of hydrogen-bond acceptors (Lipinski definition) is 6. The van der Waals surface area contributed by atoms with Crippen molar-refractivity contribution in [3.05, 3.63) is 24.3 Å². The van der Waals surface area contributed by atoms with Gasteiger partial charge in [0, 0.05) is 56.8 Å². The monoisotopic (exact) mass is 407 g/mol. The second-order valence-electron chi connectivity index (χ2n) is 7.92. The number of carbonyl (C=O) groups is 1. The molecule has 0 radical (unpaired) electrons. The summed E-state index contributed by atoms with van der Waals surface area (Å²) in [4.78, 5) is 30.0. The molecule has 1 N–H and O–H groups in total. The van der Waals surface area contributed by atoms with E-state index < -0.39 is 0 Å². The zero-order chi connectivity index (χ0) is 20.5. The van der Waals surface area contributed by atoms with Gasteiger partial charge in [-0.25, -0.2) is 9.97 Å². The van der Waals surface area contributed by atoms with Gasteiger partial charge in [-0.1, -0.05) is 0 Å². The van der Waals surface area contributed by atoms with Crippen molar-refractivity contribution in [1.29, 1.82) is 5.26 Å². The first-order valence-electron chi connectivity index (χ1n) is 10.6. The lowest BCUT2D eigenvalue weighted by molar-refractivity contribution is 0.0289. The number of rotatable bonds is 4. The zero-order valence-electron chi connectivity index (χ0n) is 16.9. The lowest BCUT2D eigenvalue weighted by atomic mass is 10.0. The van der Waals surface area contributed by atoms with E-state index in [1.807, 2.05) is 17.2 Å². The molecule has 2 fully saturated rings. The van der Waals surface area contributed by atoms with E-state index in [0.717, 1.165) is 54.5 Å². The molecular weight excluding hydrogens is 382 g/mol. The molecule has 5 heterocycles. The number of piperidine rings is 1. The SMILES string of the molecule is N#CCCN1CCC(n2c(C(=O)N3CCOCC3)nc3cnc4[nH]ccc4c32)CC1. The molecule has 156 valence electrons. The van der Waals surface area contributed by atoms with Crippen LogP contribution >= 0.6 is 0 Å². The van der Waals surface area contributed by atoms with Crippen LogP contribution in [-0.2, 0) is 4.74 Å². The molecular formula is C21H25N7O2. The van der Waals surface area contributed by atoms with Crippen LogP contribution < -0.4 is 0 Å². The molecule has 2 aliphatic rings. The normalized spacial score (nSPS) is 18.8. The largest absolute Gasteiger partial charge is 0.378 e. The number of morpholine rings is 1. The second kappa shape index (κ2) is 8.05. The molecule has 3 aromatic heterocycles. The van der Waals surface area contributed by atoms with Gasteiger partial charge in [-0.2, -0.15) is 5.26 Å². The standard InChI is InChI=1S/C21H25N7O2/c22-5-1-7-26-8-3-15(4-9-26)28-18-16-2-6-23-19(16)24-14-17(18)25-20(28)21(29)27-10-12-30-13-11-27/h2,6,14-15H,1,3-4,7-13H2,(H,23,24). The summed E-state index contributed by atoms with van der Waals surface area (Å²) in [7, 11) is 0. The maximum atomic E-state index is 13.4. The van der Waals surface area contributed by atoms with Gasteiger partial charge in [0.15, 0.2) is 0 Å². The fourth-order valence-corrected chi connectivity index (χ4v) is 4.62. The summed E-state index contributed by atoms with van der Waals surface area (Å²) in [5, 5.41) is 9.86. The molecule has 2 saturated heterocycles. The van der Waals surface area contributed by atoms with Crippen LogP contribution in [0.5, 0.6) is 0 Å². The van der Waals surface area contributed by atoms with E-state index in [-0.39, 0.29) is 11.9 Å². The number of fused-ring (bicyclic) bond motifs is 3. The third-order valence-corrected chi connectivity index (χ3v) is 6.19. The van der Waals surface area contributed by atoms with Gasteiger partial charge in [-0.15, -0.1) is 0 Å². The predicted octanol–water partition coefficient (Wildman–Crippen LogP) is 1.94. The molecule has 30 heavy (non-hydrogen) atoms. The van der Waals surface area contributed by atoms with Crippen LogP contribution in [0.1, 0.15) is 35.9 Å². The number of imidazole rings is 1. The number of amides is 1. The van der Waals surface area contributed by atoms with E-state index >= 15 is 0 Å². The molecule has 0 aliphatic carbocycles. The van der Waals surface area contributed by atoms with Crippen LogP contribution in [0, 0.1) is 11.3 Å². The molecule has 9 nitrogen and oxygen atoms in total. The summed E-state index contributed by atoms with van der Waals surface area (Å²) >= 11 is 0. The number of likely N-dealkylation sites (tertiary alicyclic amines) is 1. The Kier molecular flexibility index (Phi) is 5.11. The van der Waals surface area contributed by atoms with Crippen molar-refractivity contribution in [3.8, 4) is 6.07 Å². The fraction of sp³-hybridized carbons (Fsp3) is 0.524.